The Balaban J connectivity index is 1.99. The average Bonchev–Trinajstić information content (AvgIpc) is 2.85. The van der Waals surface area contributed by atoms with Crippen LogP contribution in [0.25, 0.3) is 0 Å². The first-order valence-electron chi connectivity index (χ1n) is 6.18. The van der Waals surface area contributed by atoms with Crippen molar-refractivity contribution in [3.63, 3.8) is 0 Å². The summed E-state index contributed by atoms with van der Waals surface area (Å²) >= 11 is 0. The zero-order valence-corrected chi connectivity index (χ0v) is 10.5. The second-order valence-corrected chi connectivity index (χ2v) is 4.46. The van der Waals surface area contributed by atoms with Gasteiger partial charge in [-0.25, -0.2) is 4.98 Å². The third-order valence-electron chi connectivity index (χ3n) is 3.21. The van der Waals surface area contributed by atoms with E-state index < -0.39 is 0 Å². The maximum atomic E-state index is 4.14. The number of hydrogen-bond acceptors (Lipinski definition) is 2. The Labute approximate surface area is 103 Å². The van der Waals surface area contributed by atoms with E-state index in [1.807, 2.05) is 4.68 Å². The minimum Gasteiger partial charge on any atom is -0.253 e. The smallest absolute Gasteiger partial charge is 0.137 e. The fraction of sp³-hybridized carbons (Fsp3) is 0.429. The predicted octanol–water partition coefficient (Wildman–Crippen LogP) is 3.17. The molecule has 0 amide bonds. The lowest BCUT2D eigenvalue weighted by molar-refractivity contribution is 0.503. The second-order valence-electron chi connectivity index (χ2n) is 4.46. The van der Waals surface area contributed by atoms with Crippen LogP contribution in [-0.2, 0) is 6.54 Å². The molecule has 0 saturated carbocycles. The minimum absolute atomic E-state index is 0.611. The van der Waals surface area contributed by atoms with E-state index in [1.165, 1.54) is 11.1 Å². The molecule has 0 aliphatic carbocycles. The zero-order chi connectivity index (χ0) is 12.1. The van der Waals surface area contributed by atoms with Gasteiger partial charge in [-0.05, 0) is 31.2 Å². The van der Waals surface area contributed by atoms with Gasteiger partial charge in [0.1, 0.15) is 12.7 Å². The Bertz CT molecular complexity index is 431. The SMILES string of the molecule is CC[C@H](CCn1cncn1)c1ccc(C)cc1. The number of hydrogen-bond donors (Lipinski definition) is 0. The van der Waals surface area contributed by atoms with E-state index in [4.69, 9.17) is 0 Å². The van der Waals surface area contributed by atoms with Crippen molar-refractivity contribution < 1.29 is 0 Å². The first-order chi connectivity index (χ1) is 8.29. The summed E-state index contributed by atoms with van der Waals surface area (Å²) < 4.78 is 1.90. The molecule has 1 aromatic heterocycles. The molecule has 2 aromatic rings. The topological polar surface area (TPSA) is 30.7 Å². The maximum absolute atomic E-state index is 4.14. The molecule has 0 aliphatic heterocycles. The average molecular weight is 229 g/mol. The van der Waals surface area contributed by atoms with Gasteiger partial charge >= 0.3 is 0 Å². The highest BCUT2D eigenvalue weighted by atomic mass is 15.3. The van der Waals surface area contributed by atoms with E-state index in [0.717, 1.165) is 19.4 Å². The molecule has 2 rings (SSSR count). The number of aromatic nitrogens is 3. The van der Waals surface area contributed by atoms with Crippen molar-refractivity contribution in [1.82, 2.24) is 14.8 Å². The standard InChI is InChI=1S/C14H19N3/c1-3-13(8-9-17-11-15-10-16-17)14-6-4-12(2)5-7-14/h4-7,10-11,13H,3,8-9H2,1-2H3/t13-/m1/s1. The van der Waals surface area contributed by atoms with Crippen LogP contribution in [0, 0.1) is 6.92 Å². The zero-order valence-electron chi connectivity index (χ0n) is 10.5. The first kappa shape index (κ1) is 11.8. The van der Waals surface area contributed by atoms with Crippen LogP contribution in [0.3, 0.4) is 0 Å². The van der Waals surface area contributed by atoms with Gasteiger partial charge in [0.25, 0.3) is 0 Å². The van der Waals surface area contributed by atoms with Gasteiger partial charge < -0.3 is 0 Å². The monoisotopic (exact) mass is 229 g/mol. The summed E-state index contributed by atoms with van der Waals surface area (Å²) in [4.78, 5) is 3.96. The molecule has 0 fully saturated rings. The van der Waals surface area contributed by atoms with Crippen LogP contribution in [0.1, 0.15) is 36.8 Å². The van der Waals surface area contributed by atoms with Crippen LogP contribution in [0.4, 0.5) is 0 Å². The van der Waals surface area contributed by atoms with Gasteiger partial charge in [-0.2, -0.15) is 5.10 Å². The molecule has 0 N–H and O–H groups in total. The molecular formula is C14H19N3. The molecule has 1 atom stereocenters. The molecule has 1 heterocycles. The van der Waals surface area contributed by atoms with Crippen LogP contribution >= 0.6 is 0 Å². The van der Waals surface area contributed by atoms with E-state index in [-0.39, 0.29) is 0 Å². The van der Waals surface area contributed by atoms with Crippen molar-refractivity contribution in [3.8, 4) is 0 Å². The van der Waals surface area contributed by atoms with E-state index >= 15 is 0 Å². The highest BCUT2D eigenvalue weighted by Gasteiger charge is 2.09. The summed E-state index contributed by atoms with van der Waals surface area (Å²) in [7, 11) is 0. The highest BCUT2D eigenvalue weighted by molar-refractivity contribution is 5.24. The maximum Gasteiger partial charge on any atom is 0.137 e. The lowest BCUT2D eigenvalue weighted by Gasteiger charge is -2.15. The van der Waals surface area contributed by atoms with E-state index in [0.29, 0.717) is 5.92 Å². The molecule has 3 nitrogen and oxygen atoms in total. The molecule has 90 valence electrons. The summed E-state index contributed by atoms with van der Waals surface area (Å²) in [6.07, 6.45) is 5.65. The third-order valence-corrected chi connectivity index (χ3v) is 3.21. The van der Waals surface area contributed by atoms with Gasteiger partial charge in [0, 0.05) is 6.54 Å². The van der Waals surface area contributed by atoms with Gasteiger partial charge in [0.2, 0.25) is 0 Å². The normalized spacial score (nSPS) is 12.6. The van der Waals surface area contributed by atoms with Crippen molar-refractivity contribution in [2.45, 2.75) is 39.2 Å². The van der Waals surface area contributed by atoms with Crippen molar-refractivity contribution in [1.29, 1.82) is 0 Å². The van der Waals surface area contributed by atoms with Crippen LogP contribution in [0.2, 0.25) is 0 Å². The summed E-state index contributed by atoms with van der Waals surface area (Å²) in [6.45, 7) is 5.30. The number of nitrogens with zero attached hydrogens (tertiary/aromatic N) is 3. The largest absolute Gasteiger partial charge is 0.253 e. The van der Waals surface area contributed by atoms with Crippen molar-refractivity contribution >= 4 is 0 Å². The van der Waals surface area contributed by atoms with Crippen LogP contribution in [0.15, 0.2) is 36.9 Å². The van der Waals surface area contributed by atoms with Crippen molar-refractivity contribution in [3.05, 3.63) is 48.0 Å². The van der Waals surface area contributed by atoms with E-state index in [1.54, 1.807) is 12.7 Å². The molecule has 0 bridgehead atoms. The fourth-order valence-electron chi connectivity index (χ4n) is 2.08. The number of aryl methyl sites for hydroxylation is 2. The van der Waals surface area contributed by atoms with Crippen molar-refractivity contribution in [2.75, 3.05) is 0 Å². The van der Waals surface area contributed by atoms with Gasteiger partial charge in [-0.3, -0.25) is 4.68 Å². The Morgan fingerprint density at radius 1 is 1.24 bits per heavy atom. The molecule has 0 spiro atoms. The summed E-state index contributed by atoms with van der Waals surface area (Å²) in [5.74, 6) is 0.611. The van der Waals surface area contributed by atoms with Gasteiger partial charge in [-0.15, -0.1) is 0 Å². The Kier molecular flexibility index (Phi) is 3.91. The Hall–Kier alpha value is -1.64. The Morgan fingerprint density at radius 3 is 2.59 bits per heavy atom. The van der Waals surface area contributed by atoms with Crippen LogP contribution < -0.4 is 0 Å². The third kappa shape index (κ3) is 3.16. The molecule has 17 heavy (non-hydrogen) atoms. The molecular weight excluding hydrogens is 210 g/mol. The molecule has 3 heteroatoms. The summed E-state index contributed by atoms with van der Waals surface area (Å²) in [5.41, 5.74) is 2.75. The molecule has 1 aromatic carbocycles. The second kappa shape index (κ2) is 5.62. The quantitative estimate of drug-likeness (QED) is 0.788. The van der Waals surface area contributed by atoms with Crippen LogP contribution in [0.5, 0.6) is 0 Å². The Morgan fingerprint density at radius 2 is 2.00 bits per heavy atom. The van der Waals surface area contributed by atoms with E-state index in [9.17, 15) is 0 Å². The summed E-state index contributed by atoms with van der Waals surface area (Å²) in [5, 5.41) is 4.14. The molecule has 0 aliphatic rings. The first-order valence-corrected chi connectivity index (χ1v) is 6.18. The number of benzene rings is 1. The highest BCUT2D eigenvalue weighted by Crippen LogP contribution is 2.23. The van der Waals surface area contributed by atoms with Crippen LogP contribution in [-0.4, -0.2) is 14.8 Å². The number of rotatable bonds is 5. The van der Waals surface area contributed by atoms with Gasteiger partial charge in [0.15, 0.2) is 0 Å². The lowest BCUT2D eigenvalue weighted by atomic mass is 9.93. The minimum atomic E-state index is 0.611. The van der Waals surface area contributed by atoms with Gasteiger partial charge in [0.05, 0.1) is 0 Å². The molecule has 0 saturated heterocycles. The fourth-order valence-corrected chi connectivity index (χ4v) is 2.08. The molecule has 0 unspecified atom stereocenters. The van der Waals surface area contributed by atoms with Crippen molar-refractivity contribution in [2.24, 2.45) is 0 Å². The lowest BCUT2D eigenvalue weighted by Crippen LogP contribution is -2.05. The molecule has 0 radical (unpaired) electrons. The predicted molar refractivity (Wildman–Crippen MR) is 68.9 cm³/mol. The van der Waals surface area contributed by atoms with E-state index in [2.05, 4.69) is 48.2 Å². The van der Waals surface area contributed by atoms with Gasteiger partial charge in [-0.1, -0.05) is 36.8 Å². The summed E-state index contributed by atoms with van der Waals surface area (Å²) in [6, 6.07) is 8.86.